The van der Waals surface area contributed by atoms with E-state index in [1.807, 2.05) is 0 Å². The third-order valence-electron chi connectivity index (χ3n) is 1.16. The van der Waals surface area contributed by atoms with Crippen LogP contribution in [0.15, 0.2) is 29.2 Å². The van der Waals surface area contributed by atoms with Crippen LogP contribution in [0.5, 0.6) is 0 Å². The van der Waals surface area contributed by atoms with E-state index in [1.54, 1.807) is 12.1 Å². The van der Waals surface area contributed by atoms with Gasteiger partial charge in [0.1, 0.15) is 0 Å². The Hall–Kier alpha value is 0.520. The van der Waals surface area contributed by atoms with Gasteiger partial charge in [0.25, 0.3) is 10.1 Å². The topological polar surface area (TPSA) is 85.9 Å². The molecule has 0 bridgehead atoms. The van der Waals surface area contributed by atoms with Gasteiger partial charge in [-0.1, -0.05) is 12.1 Å². The van der Waals surface area contributed by atoms with Crippen LogP contribution >= 0.6 is 9.24 Å². The van der Waals surface area contributed by atoms with Crippen LogP contribution in [0.3, 0.4) is 0 Å². The maximum absolute atomic E-state index is 10.5. The van der Waals surface area contributed by atoms with Crippen molar-refractivity contribution in [1.29, 1.82) is 0 Å². The predicted octanol–water partition coefficient (Wildman–Crippen LogP) is -3.27. The zero-order valence-corrected chi connectivity index (χ0v) is 11.0. The Morgan fingerprint density at radius 3 is 2.23 bits per heavy atom. The van der Waals surface area contributed by atoms with E-state index in [0.717, 1.165) is 5.30 Å². The summed E-state index contributed by atoms with van der Waals surface area (Å²) < 4.78 is 29.6. The Labute approximate surface area is 103 Å². The SMILES string of the molecule is O.O=S(=O)(O)c1cccc(P)c1.[H-].[Na+]. The summed E-state index contributed by atoms with van der Waals surface area (Å²) in [6.45, 7) is 0. The molecule has 70 valence electrons. The van der Waals surface area contributed by atoms with Crippen LogP contribution in [0.1, 0.15) is 1.43 Å². The van der Waals surface area contributed by atoms with Crippen molar-refractivity contribution >= 4 is 24.7 Å². The molecule has 13 heavy (non-hydrogen) atoms. The second-order valence-electron chi connectivity index (χ2n) is 2.05. The largest absolute Gasteiger partial charge is 1.00 e. The molecule has 0 fully saturated rings. The number of rotatable bonds is 1. The van der Waals surface area contributed by atoms with Crippen molar-refractivity contribution in [3.8, 4) is 0 Å². The fourth-order valence-corrected chi connectivity index (χ4v) is 1.62. The van der Waals surface area contributed by atoms with Gasteiger partial charge >= 0.3 is 29.6 Å². The molecule has 4 nitrogen and oxygen atoms in total. The summed E-state index contributed by atoms with van der Waals surface area (Å²) in [5.41, 5.74) is 0. The van der Waals surface area contributed by atoms with E-state index in [1.165, 1.54) is 12.1 Å². The van der Waals surface area contributed by atoms with Crippen molar-refractivity contribution in [3.05, 3.63) is 24.3 Å². The molecule has 1 atom stereocenters. The van der Waals surface area contributed by atoms with Crippen LogP contribution in [-0.2, 0) is 10.1 Å². The average molecular weight is 232 g/mol. The van der Waals surface area contributed by atoms with E-state index in [9.17, 15) is 8.42 Å². The first-order valence-electron chi connectivity index (χ1n) is 2.83. The molecule has 0 radical (unpaired) electrons. The van der Waals surface area contributed by atoms with Crippen LogP contribution in [0.25, 0.3) is 0 Å². The predicted molar refractivity (Wildman–Crippen MR) is 50.3 cm³/mol. The smallest absolute Gasteiger partial charge is 1.00 e. The van der Waals surface area contributed by atoms with Crippen molar-refractivity contribution < 1.29 is 49.4 Å². The van der Waals surface area contributed by atoms with Gasteiger partial charge in [-0.3, -0.25) is 4.55 Å². The minimum absolute atomic E-state index is 0. The number of benzene rings is 1. The summed E-state index contributed by atoms with van der Waals surface area (Å²) in [6.07, 6.45) is 0. The first kappa shape index (κ1) is 16.0. The van der Waals surface area contributed by atoms with Crippen molar-refractivity contribution in [3.63, 3.8) is 0 Å². The van der Waals surface area contributed by atoms with Gasteiger partial charge in [0.05, 0.1) is 4.90 Å². The van der Waals surface area contributed by atoms with Crippen molar-refractivity contribution in [1.82, 2.24) is 0 Å². The van der Waals surface area contributed by atoms with Gasteiger partial charge in [-0.25, -0.2) is 0 Å². The Kier molecular flexibility index (Phi) is 7.48. The quantitative estimate of drug-likeness (QED) is 0.313. The molecule has 0 heterocycles. The van der Waals surface area contributed by atoms with Crippen LogP contribution < -0.4 is 34.9 Å². The molecule has 0 spiro atoms. The maximum Gasteiger partial charge on any atom is 1.00 e. The molecule has 3 N–H and O–H groups in total. The minimum atomic E-state index is -4.04. The van der Waals surface area contributed by atoms with Gasteiger partial charge in [-0.05, 0) is 17.4 Å². The molecule has 7 heteroatoms. The monoisotopic (exact) mass is 232 g/mol. The molecule has 0 aliphatic heterocycles. The van der Waals surface area contributed by atoms with Crippen LogP contribution in [-0.4, -0.2) is 18.4 Å². The maximum atomic E-state index is 10.5. The summed E-state index contributed by atoms with van der Waals surface area (Å²) in [4.78, 5) is -0.0787. The van der Waals surface area contributed by atoms with Crippen molar-refractivity contribution in [2.45, 2.75) is 4.90 Å². The van der Waals surface area contributed by atoms with E-state index in [0.29, 0.717) is 0 Å². The summed E-state index contributed by atoms with van der Waals surface area (Å²) in [5.74, 6) is 0. The molecular formula is C6H10NaO4PS. The minimum Gasteiger partial charge on any atom is -1.00 e. The standard InChI is InChI=1S/C6H7O3PS.Na.H2O.H/c7-11(8,9)6-3-1-2-5(10)4-6;;;/h1-4H,10H2,(H,7,8,9);;1H2;/q;+1;;-1. The first-order chi connectivity index (χ1) is 5.00. The summed E-state index contributed by atoms with van der Waals surface area (Å²) >= 11 is 0. The number of hydrogen-bond donors (Lipinski definition) is 1. The van der Waals surface area contributed by atoms with Gasteiger partial charge in [0, 0.05) is 0 Å². The van der Waals surface area contributed by atoms with E-state index < -0.39 is 10.1 Å². The third-order valence-corrected chi connectivity index (χ3v) is 2.36. The molecule has 0 aromatic heterocycles. The molecule has 1 unspecified atom stereocenters. The van der Waals surface area contributed by atoms with E-state index >= 15 is 0 Å². The van der Waals surface area contributed by atoms with E-state index in [4.69, 9.17) is 4.55 Å². The molecule has 1 aromatic carbocycles. The van der Waals surface area contributed by atoms with Crippen molar-refractivity contribution in [2.75, 3.05) is 0 Å². The van der Waals surface area contributed by atoms with Gasteiger partial charge in [0.15, 0.2) is 0 Å². The molecule has 1 aromatic rings. The average Bonchev–Trinajstić information content (AvgIpc) is 1.86. The molecule has 1 rings (SSSR count). The van der Waals surface area contributed by atoms with Crippen LogP contribution in [0, 0.1) is 0 Å². The fourth-order valence-electron chi connectivity index (χ4n) is 0.675. The van der Waals surface area contributed by atoms with Gasteiger partial charge < -0.3 is 6.90 Å². The molecule has 0 amide bonds. The Bertz CT molecular complexity index is 370. The van der Waals surface area contributed by atoms with Gasteiger partial charge in [-0.15, -0.1) is 9.24 Å². The zero-order valence-electron chi connectivity index (χ0n) is 8.06. The summed E-state index contributed by atoms with van der Waals surface area (Å²) in [7, 11) is -1.69. The number of hydrogen-bond acceptors (Lipinski definition) is 2. The van der Waals surface area contributed by atoms with E-state index in [2.05, 4.69) is 9.24 Å². The second kappa shape index (κ2) is 6.09. The third kappa shape index (κ3) is 5.08. The second-order valence-corrected chi connectivity index (χ2v) is 4.14. The fraction of sp³-hybridized carbons (Fsp3) is 0. The van der Waals surface area contributed by atoms with Gasteiger partial charge in [0.2, 0.25) is 0 Å². The van der Waals surface area contributed by atoms with E-state index in [-0.39, 0.29) is 41.4 Å². The Morgan fingerprint density at radius 1 is 1.38 bits per heavy atom. The molecular weight excluding hydrogens is 222 g/mol. The summed E-state index contributed by atoms with van der Waals surface area (Å²) in [6, 6.07) is 5.99. The van der Waals surface area contributed by atoms with Crippen LogP contribution in [0.4, 0.5) is 0 Å². The summed E-state index contributed by atoms with van der Waals surface area (Å²) in [5, 5.41) is 0.722. The van der Waals surface area contributed by atoms with Gasteiger partial charge in [-0.2, -0.15) is 8.42 Å². The van der Waals surface area contributed by atoms with Crippen molar-refractivity contribution in [2.24, 2.45) is 0 Å². The zero-order chi connectivity index (χ0) is 8.48. The van der Waals surface area contributed by atoms with Crippen LogP contribution in [0.2, 0.25) is 0 Å². The Morgan fingerprint density at radius 2 is 1.92 bits per heavy atom. The molecule has 0 aliphatic carbocycles. The molecule has 0 saturated carbocycles. The first-order valence-corrected chi connectivity index (χ1v) is 4.85. The normalized spacial score (nSPS) is 9.69. The molecule has 0 aliphatic rings. The Balaban J connectivity index is -0.000000403. The molecule has 0 saturated heterocycles.